The van der Waals surface area contributed by atoms with Gasteiger partial charge in [0.25, 0.3) is 10.1 Å². The monoisotopic (exact) mass is 484 g/mol. The molecule has 0 aromatic heterocycles. The number of rotatable bonds is 16. The van der Waals surface area contributed by atoms with Crippen LogP contribution in [0.3, 0.4) is 0 Å². The van der Waals surface area contributed by atoms with Crippen molar-refractivity contribution < 1.29 is 52.4 Å². The van der Waals surface area contributed by atoms with Crippen LogP contribution in [0.4, 0.5) is 0 Å². The van der Waals surface area contributed by atoms with Crippen molar-refractivity contribution in [3.63, 3.8) is 0 Å². The van der Waals surface area contributed by atoms with Gasteiger partial charge in [-0.05, 0) is 36.6 Å². The van der Waals surface area contributed by atoms with Gasteiger partial charge in [-0.3, -0.25) is 4.55 Å². The Hall–Kier alpha value is -1.05. The second-order valence-electron chi connectivity index (χ2n) is 8.47. The van der Waals surface area contributed by atoms with E-state index in [1.54, 1.807) is 12.1 Å². The Bertz CT molecular complexity index is 897. The summed E-state index contributed by atoms with van der Waals surface area (Å²) >= 11 is 0. The fourth-order valence-corrected chi connectivity index (χ4v) is 4.25. The van der Waals surface area contributed by atoms with E-state index in [1.807, 2.05) is 12.1 Å². The largest absolute Gasteiger partial charge is 1.00 e. The molecule has 0 fully saturated rings. The fraction of sp³-hybridized carbons (Fsp3) is 0.538. The summed E-state index contributed by atoms with van der Waals surface area (Å²) in [6.07, 6.45) is 17.0. The molecule has 2 rings (SSSR count). The van der Waals surface area contributed by atoms with Gasteiger partial charge in [-0.1, -0.05) is 102 Å². The normalized spacial score (nSPS) is 11.2. The average Bonchev–Trinajstić information content (AvgIpc) is 2.76. The van der Waals surface area contributed by atoms with Crippen LogP contribution in [-0.2, 0) is 16.5 Å². The minimum Gasteiger partial charge on any atom is -0.870 e. The van der Waals surface area contributed by atoms with Crippen molar-refractivity contribution in [1.82, 2.24) is 0 Å². The van der Waals surface area contributed by atoms with Crippen LogP contribution in [-0.4, -0.2) is 13.0 Å². The van der Waals surface area contributed by atoms with Gasteiger partial charge in [0.05, 0.1) is 4.90 Å². The Morgan fingerprint density at radius 2 is 1.30 bits per heavy atom. The number of hydrogen-bond acceptors (Lipinski definition) is 4. The van der Waals surface area contributed by atoms with E-state index >= 15 is 0 Å². The van der Waals surface area contributed by atoms with Crippen LogP contribution in [0.5, 0.6) is 17.2 Å². The van der Waals surface area contributed by atoms with Gasteiger partial charge >= 0.3 is 29.6 Å². The summed E-state index contributed by atoms with van der Waals surface area (Å²) in [7, 11) is -4.39. The summed E-state index contributed by atoms with van der Waals surface area (Å²) in [6, 6.07) is 10.6. The number of benzene rings is 2. The Balaban J connectivity index is 0.00000544. The van der Waals surface area contributed by atoms with Gasteiger partial charge in [0.2, 0.25) is 0 Å². The molecule has 0 bridgehead atoms. The first-order valence-electron chi connectivity index (χ1n) is 12.0. The van der Waals surface area contributed by atoms with Crippen molar-refractivity contribution in [1.29, 1.82) is 0 Å². The molecule has 2 aromatic rings. The van der Waals surface area contributed by atoms with Gasteiger partial charge in [0.1, 0.15) is 11.5 Å². The van der Waals surface area contributed by atoms with Gasteiger partial charge in [-0.25, -0.2) is 0 Å². The van der Waals surface area contributed by atoms with Crippen LogP contribution in [0, 0.1) is 0 Å². The number of aryl methyl sites for hydroxylation is 1. The van der Waals surface area contributed by atoms with Crippen LogP contribution >= 0.6 is 0 Å². The van der Waals surface area contributed by atoms with Crippen molar-refractivity contribution >= 4 is 10.1 Å². The van der Waals surface area contributed by atoms with E-state index in [2.05, 4.69) is 6.92 Å². The van der Waals surface area contributed by atoms with Crippen molar-refractivity contribution in [2.24, 2.45) is 0 Å². The van der Waals surface area contributed by atoms with Crippen LogP contribution in [0.1, 0.15) is 89.5 Å². The molecule has 0 saturated heterocycles. The maximum absolute atomic E-state index is 11.9. The van der Waals surface area contributed by atoms with Crippen LogP contribution in [0.2, 0.25) is 0 Å². The SMILES string of the molecule is CCCCCCCCCCCCCCc1ccc(Oc2cc(S(=O)(=O)O)ccc2[O-])cc1.[Na+]. The van der Waals surface area contributed by atoms with Gasteiger partial charge in [-0.15, -0.1) is 0 Å². The van der Waals surface area contributed by atoms with Gasteiger partial charge in [0.15, 0.2) is 0 Å². The third-order valence-corrected chi connectivity index (χ3v) is 6.53. The molecule has 178 valence electrons. The van der Waals surface area contributed by atoms with Crippen molar-refractivity contribution in [2.75, 3.05) is 0 Å². The van der Waals surface area contributed by atoms with E-state index in [-0.39, 0.29) is 40.2 Å². The first kappa shape index (κ1) is 30.0. The molecule has 0 heterocycles. The molecule has 0 amide bonds. The summed E-state index contributed by atoms with van der Waals surface area (Å²) in [6.45, 7) is 2.26. The number of ether oxygens (including phenoxy) is 1. The van der Waals surface area contributed by atoms with Crippen molar-refractivity contribution in [2.45, 2.75) is 95.3 Å². The summed E-state index contributed by atoms with van der Waals surface area (Å²) < 4.78 is 37.2. The maximum atomic E-state index is 11.9. The molecule has 2 aromatic carbocycles. The van der Waals surface area contributed by atoms with Gasteiger partial charge in [0, 0.05) is 6.07 Å². The third-order valence-electron chi connectivity index (χ3n) is 5.68. The molecule has 7 heteroatoms. The van der Waals surface area contributed by atoms with Gasteiger partial charge in [-0.2, -0.15) is 8.42 Å². The number of hydrogen-bond donors (Lipinski definition) is 1. The minimum atomic E-state index is -4.39. The first-order chi connectivity index (χ1) is 15.4. The molecule has 0 aliphatic carbocycles. The molecule has 33 heavy (non-hydrogen) atoms. The van der Waals surface area contributed by atoms with E-state index in [0.29, 0.717) is 5.75 Å². The predicted octanol–water partition coefficient (Wildman–Crippen LogP) is 4.05. The Morgan fingerprint density at radius 1 is 0.788 bits per heavy atom. The Morgan fingerprint density at radius 3 is 1.82 bits per heavy atom. The van der Waals surface area contributed by atoms with Gasteiger partial charge < -0.3 is 9.84 Å². The smallest absolute Gasteiger partial charge is 0.870 e. The topological polar surface area (TPSA) is 86.7 Å². The van der Waals surface area contributed by atoms with Crippen LogP contribution < -0.4 is 39.4 Å². The fourth-order valence-electron chi connectivity index (χ4n) is 3.75. The zero-order chi connectivity index (χ0) is 23.2. The molecule has 0 aliphatic rings. The molecule has 1 N–H and O–H groups in total. The summed E-state index contributed by atoms with van der Waals surface area (Å²) in [5.74, 6) is -0.125. The zero-order valence-corrected chi connectivity index (χ0v) is 23.0. The number of unbranched alkanes of at least 4 members (excludes halogenated alkanes) is 11. The Kier molecular flexibility index (Phi) is 15.0. The zero-order valence-electron chi connectivity index (χ0n) is 20.2. The molecular weight excluding hydrogens is 447 g/mol. The molecule has 0 spiro atoms. The van der Waals surface area contributed by atoms with E-state index in [1.165, 1.54) is 76.2 Å². The molecular formula is C26H37NaO5S. The molecule has 0 radical (unpaired) electrons. The summed E-state index contributed by atoms with van der Waals surface area (Å²) in [5, 5.41) is 11.9. The third kappa shape index (κ3) is 12.3. The summed E-state index contributed by atoms with van der Waals surface area (Å²) in [5.41, 5.74) is 1.21. The first-order valence-corrected chi connectivity index (χ1v) is 13.4. The molecule has 5 nitrogen and oxygen atoms in total. The second kappa shape index (κ2) is 16.6. The van der Waals surface area contributed by atoms with Crippen LogP contribution in [0.15, 0.2) is 47.4 Å². The van der Waals surface area contributed by atoms with Crippen molar-refractivity contribution in [3.05, 3.63) is 48.0 Å². The quantitative estimate of drug-likeness (QED) is 0.221. The molecule has 0 unspecified atom stereocenters. The maximum Gasteiger partial charge on any atom is 1.00 e. The van der Waals surface area contributed by atoms with Crippen molar-refractivity contribution in [3.8, 4) is 17.2 Å². The standard InChI is InChI=1S/C26H38O5S.Na/c1-2-3-4-5-6-7-8-9-10-11-12-13-14-22-15-17-23(18-16-22)31-26-21-24(32(28,29)30)19-20-25(26)27;/h15-21,27H,2-14H2,1H3,(H,28,29,30);/q;+1/p-1. The molecule has 0 aliphatic heterocycles. The van der Waals surface area contributed by atoms with E-state index in [4.69, 9.17) is 9.29 Å². The summed E-state index contributed by atoms with van der Waals surface area (Å²) in [4.78, 5) is -0.365. The van der Waals surface area contributed by atoms with E-state index < -0.39 is 15.9 Å². The minimum absolute atomic E-state index is 0. The average molecular weight is 485 g/mol. The van der Waals surface area contributed by atoms with E-state index in [0.717, 1.165) is 31.0 Å². The molecule has 0 atom stereocenters. The Labute approximate surface area is 222 Å². The van der Waals surface area contributed by atoms with Crippen LogP contribution in [0.25, 0.3) is 0 Å². The van der Waals surface area contributed by atoms with E-state index in [9.17, 15) is 13.5 Å². The molecule has 0 saturated carbocycles. The predicted molar refractivity (Wildman–Crippen MR) is 127 cm³/mol. The second-order valence-corrected chi connectivity index (χ2v) is 9.89.